The van der Waals surface area contributed by atoms with Gasteiger partial charge < -0.3 is 30.7 Å². The van der Waals surface area contributed by atoms with Crippen LogP contribution in [-0.4, -0.2) is 111 Å². The lowest BCUT2D eigenvalue weighted by molar-refractivity contribution is 0.0951. The van der Waals surface area contributed by atoms with Crippen LogP contribution in [0, 0.1) is 0 Å². The lowest BCUT2D eigenvalue weighted by Crippen LogP contribution is -2.31. The molecule has 9 nitrogen and oxygen atoms in total. The second kappa shape index (κ2) is 79.5. The number of nitrogens with one attached hydrogen (secondary N) is 3. The topological polar surface area (TPSA) is 97.0 Å². The van der Waals surface area contributed by atoms with E-state index in [4.69, 9.17) is 0 Å². The summed E-state index contributed by atoms with van der Waals surface area (Å²) in [5.74, 6) is -0.622. The summed E-state index contributed by atoms with van der Waals surface area (Å²) in [6.07, 6.45) is 87.6. The predicted molar refractivity (Wildman–Crippen MR) is 452 cm³/mol. The summed E-state index contributed by atoms with van der Waals surface area (Å²) in [5.41, 5.74) is 1.17. The van der Waals surface area contributed by atoms with E-state index in [0.717, 1.165) is 58.2 Å². The fraction of sp³-hybridized carbons (Fsp3) is 0.903. The van der Waals surface area contributed by atoms with Crippen LogP contribution in [0.25, 0.3) is 0 Å². The summed E-state index contributed by atoms with van der Waals surface area (Å²) in [7, 11) is 0. The van der Waals surface area contributed by atoms with E-state index in [1.807, 2.05) is 0 Å². The maximum Gasteiger partial charge on any atom is 0.251 e. The van der Waals surface area contributed by atoms with Gasteiger partial charge in [-0.3, -0.25) is 14.4 Å². The Morgan fingerprint density at radius 3 is 0.441 bits per heavy atom. The SMILES string of the molecule is CCCCCCCCCCCCN(CCCCCCCCCCCC)CCCCNC(=O)c1cc(C(=O)NCCCCN(CCCCCCCCCCCC)CCCCCCCCCCCC)cc(C(=O)NCCCCN(CCCCCCCCCCCC)CCCCCCCCCCCC)c1. The third-order valence-corrected chi connectivity index (χ3v) is 22.2. The van der Waals surface area contributed by atoms with Crippen molar-refractivity contribution in [2.75, 3.05) is 78.5 Å². The van der Waals surface area contributed by atoms with Gasteiger partial charge in [0.25, 0.3) is 17.7 Å². The fourth-order valence-electron chi connectivity index (χ4n) is 15.3. The van der Waals surface area contributed by atoms with Crippen molar-refractivity contribution in [3.63, 3.8) is 0 Å². The number of hydrogen-bond donors (Lipinski definition) is 3. The van der Waals surface area contributed by atoms with E-state index >= 15 is 0 Å². The Morgan fingerprint density at radius 2 is 0.304 bits per heavy atom. The zero-order valence-electron chi connectivity index (χ0n) is 70.0. The molecule has 1 aromatic carbocycles. The lowest BCUT2D eigenvalue weighted by Gasteiger charge is -2.22. The van der Waals surface area contributed by atoms with E-state index in [9.17, 15) is 14.4 Å². The Kier molecular flexibility index (Phi) is 76.1. The highest BCUT2D eigenvalue weighted by Gasteiger charge is 2.18. The molecular formula is C93H180N6O3. The molecule has 0 atom stereocenters. The summed E-state index contributed by atoms with van der Waals surface area (Å²) in [6.45, 7) is 25.8. The molecule has 0 spiro atoms. The van der Waals surface area contributed by atoms with E-state index in [-0.39, 0.29) is 17.7 Å². The largest absolute Gasteiger partial charge is 0.352 e. The van der Waals surface area contributed by atoms with Gasteiger partial charge in [0.05, 0.1) is 0 Å². The molecule has 3 amide bonds. The van der Waals surface area contributed by atoms with E-state index < -0.39 is 0 Å². The Labute approximate surface area is 638 Å². The van der Waals surface area contributed by atoms with Crippen molar-refractivity contribution in [2.45, 2.75) is 465 Å². The molecular weight excluding hydrogens is 1250 g/mol. The molecule has 102 heavy (non-hydrogen) atoms. The van der Waals surface area contributed by atoms with Crippen LogP contribution in [0.15, 0.2) is 18.2 Å². The minimum atomic E-state index is -0.207. The number of unbranched alkanes of at least 4 members (excludes halogenated alkanes) is 57. The summed E-state index contributed by atoms with van der Waals surface area (Å²) in [5, 5.41) is 9.70. The van der Waals surface area contributed by atoms with Gasteiger partial charge in [-0.2, -0.15) is 0 Å². The first-order valence-electron chi connectivity index (χ1n) is 46.5. The minimum Gasteiger partial charge on any atom is -0.352 e. The van der Waals surface area contributed by atoms with Crippen molar-refractivity contribution in [3.8, 4) is 0 Å². The molecule has 0 aliphatic heterocycles. The highest BCUT2D eigenvalue weighted by atomic mass is 16.2. The van der Waals surface area contributed by atoms with Crippen LogP contribution < -0.4 is 16.0 Å². The Hall–Kier alpha value is -2.49. The molecule has 0 aliphatic rings. The molecule has 3 N–H and O–H groups in total. The molecule has 0 saturated heterocycles. The number of benzene rings is 1. The molecule has 1 rings (SSSR count). The van der Waals surface area contributed by atoms with Crippen molar-refractivity contribution in [1.82, 2.24) is 30.7 Å². The molecule has 1 aromatic rings. The third kappa shape index (κ3) is 65.8. The van der Waals surface area contributed by atoms with Crippen LogP contribution >= 0.6 is 0 Å². The van der Waals surface area contributed by atoms with Gasteiger partial charge >= 0.3 is 0 Å². The van der Waals surface area contributed by atoms with Gasteiger partial charge in [-0.1, -0.05) is 388 Å². The molecule has 9 heteroatoms. The molecule has 600 valence electrons. The summed E-state index contributed by atoms with van der Waals surface area (Å²) in [4.78, 5) is 50.7. The monoisotopic (exact) mass is 1430 g/mol. The van der Waals surface area contributed by atoms with E-state index in [0.29, 0.717) is 36.3 Å². The van der Waals surface area contributed by atoms with Gasteiger partial charge in [0.2, 0.25) is 0 Å². The average Bonchev–Trinajstić information content (AvgIpc) is 0.829. The Morgan fingerprint density at radius 1 is 0.186 bits per heavy atom. The maximum atomic E-state index is 14.2. The van der Waals surface area contributed by atoms with Gasteiger partial charge in [-0.05, 0) is 154 Å². The van der Waals surface area contributed by atoms with Crippen molar-refractivity contribution >= 4 is 17.7 Å². The highest BCUT2D eigenvalue weighted by Crippen LogP contribution is 2.20. The molecule has 0 saturated carbocycles. The predicted octanol–water partition coefficient (Wildman–Crippen LogP) is 27.6. The van der Waals surface area contributed by atoms with Crippen molar-refractivity contribution in [2.24, 2.45) is 0 Å². The zero-order valence-corrected chi connectivity index (χ0v) is 70.0. The highest BCUT2D eigenvalue weighted by molar-refractivity contribution is 6.04. The van der Waals surface area contributed by atoms with Crippen LogP contribution in [-0.2, 0) is 0 Å². The molecule has 0 bridgehead atoms. The van der Waals surface area contributed by atoms with Crippen LogP contribution in [0.1, 0.15) is 496 Å². The van der Waals surface area contributed by atoms with Crippen LogP contribution in [0.5, 0.6) is 0 Å². The Balaban J connectivity index is 3.11. The molecule has 0 aliphatic carbocycles. The van der Waals surface area contributed by atoms with Crippen LogP contribution in [0.4, 0.5) is 0 Å². The standard InChI is InChI=1S/C93H180N6O3/c1-7-13-19-25-31-37-43-49-55-64-76-97(77-65-56-50-44-38-32-26-20-14-8-2)82-70-61-73-94-91(100)88-85-89(92(101)95-74-62-71-83-98(78-66-57-51-45-39-33-27-21-15-9-3)79-67-58-52-46-40-34-28-22-16-10-4)87-90(86-88)93(102)96-75-63-72-84-99(80-68-59-53-47-41-35-29-23-17-11-5)81-69-60-54-48-42-36-30-24-18-12-6/h85-87H,7-84H2,1-6H3,(H,94,100)(H,95,101)(H,96,102). The Bertz CT molecular complexity index is 1600. The number of hydrogen-bond acceptors (Lipinski definition) is 6. The summed E-state index contributed by atoms with van der Waals surface area (Å²) < 4.78 is 0. The van der Waals surface area contributed by atoms with E-state index in [1.54, 1.807) is 18.2 Å². The first-order valence-corrected chi connectivity index (χ1v) is 46.5. The van der Waals surface area contributed by atoms with Gasteiger partial charge in [0.15, 0.2) is 0 Å². The normalized spacial score (nSPS) is 11.7. The first kappa shape index (κ1) is 97.5. The van der Waals surface area contributed by atoms with Crippen molar-refractivity contribution in [3.05, 3.63) is 34.9 Å². The van der Waals surface area contributed by atoms with E-state index in [2.05, 4.69) is 72.2 Å². The van der Waals surface area contributed by atoms with Crippen molar-refractivity contribution < 1.29 is 14.4 Å². The fourth-order valence-corrected chi connectivity index (χ4v) is 15.3. The quantitative estimate of drug-likeness (QED) is 0.0562. The van der Waals surface area contributed by atoms with Crippen LogP contribution in [0.2, 0.25) is 0 Å². The van der Waals surface area contributed by atoms with Crippen LogP contribution in [0.3, 0.4) is 0 Å². The summed E-state index contributed by atoms with van der Waals surface area (Å²) >= 11 is 0. The van der Waals surface area contributed by atoms with Gasteiger partial charge in [-0.25, -0.2) is 0 Å². The molecule has 0 aromatic heterocycles. The lowest BCUT2D eigenvalue weighted by atomic mass is 10.0. The second-order valence-electron chi connectivity index (χ2n) is 32.3. The third-order valence-electron chi connectivity index (χ3n) is 22.2. The maximum absolute atomic E-state index is 14.2. The number of carbonyl (C=O) groups excluding carboxylic acids is 3. The van der Waals surface area contributed by atoms with Crippen molar-refractivity contribution in [1.29, 1.82) is 0 Å². The second-order valence-corrected chi connectivity index (χ2v) is 32.3. The smallest absolute Gasteiger partial charge is 0.251 e. The van der Waals surface area contributed by atoms with Gasteiger partial charge in [0.1, 0.15) is 0 Å². The summed E-state index contributed by atoms with van der Waals surface area (Å²) in [6, 6.07) is 5.17. The molecule has 0 radical (unpaired) electrons. The molecule has 0 fully saturated rings. The molecule has 0 unspecified atom stereocenters. The van der Waals surface area contributed by atoms with Gasteiger partial charge in [-0.15, -0.1) is 0 Å². The number of amides is 3. The number of carbonyl (C=O) groups is 3. The number of nitrogens with zero attached hydrogens (tertiary/aromatic N) is 3. The number of rotatable bonds is 84. The van der Waals surface area contributed by atoms with Gasteiger partial charge in [0, 0.05) is 36.3 Å². The first-order chi connectivity index (χ1) is 50.3. The molecule has 0 heterocycles. The minimum absolute atomic E-state index is 0.207. The average molecular weight is 1430 g/mol. The zero-order chi connectivity index (χ0) is 73.6. The van der Waals surface area contributed by atoms with E-state index in [1.165, 1.54) is 425 Å².